The molecule has 17 heavy (non-hydrogen) atoms. The van der Waals surface area contributed by atoms with Gasteiger partial charge < -0.3 is 5.32 Å². The SMILES string of the molecule is CC1(Nc2nccn2-c2ccccc2)CCC1. The summed E-state index contributed by atoms with van der Waals surface area (Å²) < 4.78 is 2.10. The number of nitrogens with zero attached hydrogens (tertiary/aromatic N) is 2. The molecule has 2 aromatic rings. The summed E-state index contributed by atoms with van der Waals surface area (Å²) >= 11 is 0. The lowest BCUT2D eigenvalue weighted by molar-refractivity contribution is 0.304. The molecule has 1 fully saturated rings. The number of rotatable bonds is 3. The second kappa shape index (κ2) is 3.91. The van der Waals surface area contributed by atoms with Crippen molar-refractivity contribution >= 4 is 5.95 Å². The lowest BCUT2D eigenvalue weighted by Crippen LogP contribution is -2.42. The molecule has 3 rings (SSSR count). The highest BCUT2D eigenvalue weighted by molar-refractivity contribution is 5.43. The first-order chi connectivity index (χ1) is 8.27. The van der Waals surface area contributed by atoms with Crippen LogP contribution in [0.25, 0.3) is 5.69 Å². The summed E-state index contributed by atoms with van der Waals surface area (Å²) in [7, 11) is 0. The highest BCUT2D eigenvalue weighted by Crippen LogP contribution is 2.34. The van der Waals surface area contributed by atoms with Gasteiger partial charge in [-0.3, -0.25) is 4.57 Å². The normalized spacial score (nSPS) is 17.5. The van der Waals surface area contributed by atoms with Gasteiger partial charge in [0.2, 0.25) is 5.95 Å². The summed E-state index contributed by atoms with van der Waals surface area (Å²) in [5.41, 5.74) is 1.38. The fourth-order valence-corrected chi connectivity index (χ4v) is 2.29. The fourth-order valence-electron chi connectivity index (χ4n) is 2.29. The third kappa shape index (κ3) is 1.93. The minimum atomic E-state index is 0.234. The molecule has 1 saturated carbocycles. The van der Waals surface area contributed by atoms with Crippen LogP contribution in [0.2, 0.25) is 0 Å². The number of aromatic nitrogens is 2. The van der Waals surface area contributed by atoms with E-state index in [4.69, 9.17) is 0 Å². The Morgan fingerprint density at radius 2 is 2.00 bits per heavy atom. The van der Waals surface area contributed by atoms with Crippen LogP contribution in [0.15, 0.2) is 42.7 Å². The first-order valence-electron chi connectivity index (χ1n) is 6.14. The summed E-state index contributed by atoms with van der Waals surface area (Å²) in [4.78, 5) is 4.41. The molecule has 88 valence electrons. The van der Waals surface area contributed by atoms with Gasteiger partial charge in [0, 0.05) is 23.6 Å². The van der Waals surface area contributed by atoms with Crippen molar-refractivity contribution in [1.29, 1.82) is 0 Å². The Labute approximate surface area is 101 Å². The van der Waals surface area contributed by atoms with Crippen molar-refractivity contribution in [1.82, 2.24) is 9.55 Å². The minimum absolute atomic E-state index is 0.234. The summed E-state index contributed by atoms with van der Waals surface area (Å²) in [6, 6.07) is 10.3. The Morgan fingerprint density at radius 1 is 1.24 bits per heavy atom. The number of para-hydroxylation sites is 1. The molecule has 0 unspecified atom stereocenters. The largest absolute Gasteiger partial charge is 0.350 e. The smallest absolute Gasteiger partial charge is 0.207 e. The monoisotopic (exact) mass is 227 g/mol. The fraction of sp³-hybridized carbons (Fsp3) is 0.357. The lowest BCUT2D eigenvalue weighted by atomic mass is 9.79. The number of benzene rings is 1. The van der Waals surface area contributed by atoms with Crippen LogP contribution >= 0.6 is 0 Å². The summed E-state index contributed by atoms with van der Waals surface area (Å²) in [6.45, 7) is 2.26. The van der Waals surface area contributed by atoms with Crippen molar-refractivity contribution in [2.75, 3.05) is 5.32 Å². The third-order valence-corrected chi connectivity index (χ3v) is 3.55. The first kappa shape index (κ1) is 10.4. The Kier molecular flexibility index (Phi) is 2.39. The van der Waals surface area contributed by atoms with Gasteiger partial charge >= 0.3 is 0 Å². The van der Waals surface area contributed by atoms with Gasteiger partial charge in [-0.1, -0.05) is 18.2 Å². The maximum absolute atomic E-state index is 4.41. The third-order valence-electron chi connectivity index (χ3n) is 3.55. The molecule has 1 aromatic carbocycles. The summed E-state index contributed by atoms with van der Waals surface area (Å²) in [5, 5.41) is 3.55. The molecule has 1 aliphatic carbocycles. The zero-order chi connectivity index (χ0) is 11.7. The molecular formula is C14H17N3. The van der Waals surface area contributed by atoms with Gasteiger partial charge in [0.25, 0.3) is 0 Å². The Balaban J connectivity index is 1.89. The van der Waals surface area contributed by atoms with Crippen molar-refractivity contribution < 1.29 is 0 Å². The number of anilines is 1. The zero-order valence-corrected chi connectivity index (χ0v) is 10.1. The van der Waals surface area contributed by atoms with Crippen LogP contribution in [0.5, 0.6) is 0 Å². The van der Waals surface area contributed by atoms with Crippen molar-refractivity contribution in [3.8, 4) is 5.69 Å². The summed E-state index contributed by atoms with van der Waals surface area (Å²) in [6.07, 6.45) is 7.62. The molecule has 0 saturated heterocycles. The van der Waals surface area contributed by atoms with Gasteiger partial charge in [0.05, 0.1) is 0 Å². The lowest BCUT2D eigenvalue weighted by Gasteiger charge is -2.39. The van der Waals surface area contributed by atoms with Crippen LogP contribution in [0.3, 0.4) is 0 Å². The summed E-state index contributed by atoms with van der Waals surface area (Å²) in [5.74, 6) is 0.943. The van der Waals surface area contributed by atoms with Gasteiger partial charge in [-0.2, -0.15) is 0 Å². The molecule has 1 aliphatic rings. The molecule has 3 nitrogen and oxygen atoms in total. The number of nitrogens with one attached hydrogen (secondary N) is 1. The molecule has 1 aromatic heterocycles. The van der Waals surface area contributed by atoms with E-state index in [2.05, 4.69) is 33.9 Å². The van der Waals surface area contributed by atoms with Crippen LogP contribution in [0.1, 0.15) is 26.2 Å². The molecule has 0 bridgehead atoms. The molecule has 0 radical (unpaired) electrons. The van der Waals surface area contributed by atoms with E-state index < -0.39 is 0 Å². The predicted octanol–water partition coefficient (Wildman–Crippen LogP) is 3.23. The topological polar surface area (TPSA) is 29.9 Å². The highest BCUT2D eigenvalue weighted by Gasteiger charge is 2.32. The molecular weight excluding hydrogens is 210 g/mol. The number of hydrogen-bond donors (Lipinski definition) is 1. The Morgan fingerprint density at radius 3 is 2.65 bits per heavy atom. The van der Waals surface area contributed by atoms with E-state index in [0.717, 1.165) is 11.6 Å². The average molecular weight is 227 g/mol. The molecule has 1 heterocycles. The van der Waals surface area contributed by atoms with Gasteiger partial charge in [-0.15, -0.1) is 0 Å². The van der Waals surface area contributed by atoms with Gasteiger partial charge in [-0.05, 0) is 38.3 Å². The van der Waals surface area contributed by atoms with Crippen LogP contribution in [0.4, 0.5) is 5.95 Å². The average Bonchev–Trinajstić information content (AvgIpc) is 2.76. The molecule has 0 amide bonds. The van der Waals surface area contributed by atoms with Crippen LogP contribution in [-0.2, 0) is 0 Å². The van der Waals surface area contributed by atoms with E-state index in [1.165, 1.54) is 19.3 Å². The quantitative estimate of drug-likeness (QED) is 0.872. The predicted molar refractivity (Wildman–Crippen MR) is 69.4 cm³/mol. The second-order valence-corrected chi connectivity index (χ2v) is 5.00. The second-order valence-electron chi connectivity index (χ2n) is 5.00. The van der Waals surface area contributed by atoms with E-state index in [1.807, 2.05) is 30.6 Å². The van der Waals surface area contributed by atoms with Crippen molar-refractivity contribution in [3.63, 3.8) is 0 Å². The van der Waals surface area contributed by atoms with E-state index in [0.29, 0.717) is 0 Å². The Hall–Kier alpha value is -1.77. The standard InChI is InChI=1S/C14H17N3/c1-14(8-5-9-14)16-13-15-10-11-17(13)12-6-3-2-4-7-12/h2-4,6-7,10-11H,5,8-9H2,1H3,(H,15,16). The van der Waals surface area contributed by atoms with Gasteiger partial charge in [0.1, 0.15) is 0 Å². The van der Waals surface area contributed by atoms with Gasteiger partial charge in [0.15, 0.2) is 0 Å². The zero-order valence-electron chi connectivity index (χ0n) is 10.1. The maximum Gasteiger partial charge on any atom is 0.207 e. The van der Waals surface area contributed by atoms with E-state index in [1.54, 1.807) is 0 Å². The molecule has 0 atom stereocenters. The Bertz CT molecular complexity index is 497. The van der Waals surface area contributed by atoms with Crippen LogP contribution in [0, 0.1) is 0 Å². The highest BCUT2D eigenvalue weighted by atomic mass is 15.2. The van der Waals surface area contributed by atoms with Crippen LogP contribution in [-0.4, -0.2) is 15.1 Å². The number of imidazole rings is 1. The number of hydrogen-bond acceptors (Lipinski definition) is 2. The molecule has 3 heteroatoms. The van der Waals surface area contributed by atoms with Crippen molar-refractivity contribution in [3.05, 3.63) is 42.7 Å². The van der Waals surface area contributed by atoms with E-state index in [9.17, 15) is 0 Å². The van der Waals surface area contributed by atoms with Crippen LogP contribution < -0.4 is 5.32 Å². The van der Waals surface area contributed by atoms with E-state index >= 15 is 0 Å². The first-order valence-corrected chi connectivity index (χ1v) is 6.14. The molecule has 1 N–H and O–H groups in total. The van der Waals surface area contributed by atoms with Crippen molar-refractivity contribution in [2.45, 2.75) is 31.7 Å². The van der Waals surface area contributed by atoms with E-state index in [-0.39, 0.29) is 5.54 Å². The minimum Gasteiger partial charge on any atom is -0.350 e. The maximum atomic E-state index is 4.41. The molecule has 0 spiro atoms. The van der Waals surface area contributed by atoms with Gasteiger partial charge in [-0.25, -0.2) is 4.98 Å². The molecule has 0 aliphatic heterocycles. The van der Waals surface area contributed by atoms with Crippen molar-refractivity contribution in [2.24, 2.45) is 0 Å².